The molecule has 150 valence electrons. The number of piperidine rings is 2. The first-order valence-electron chi connectivity index (χ1n) is 10.4. The number of nitrogens with zero attached hydrogens (tertiary/aromatic N) is 1. The van der Waals surface area contributed by atoms with Gasteiger partial charge in [0.15, 0.2) is 0 Å². The van der Waals surface area contributed by atoms with E-state index in [9.17, 15) is 4.79 Å². The van der Waals surface area contributed by atoms with Crippen molar-refractivity contribution in [3.05, 3.63) is 35.9 Å². The minimum absolute atomic E-state index is 0. The lowest BCUT2D eigenvalue weighted by atomic mass is 9.87. The Balaban J connectivity index is 0.00000210. The number of hydrogen-bond acceptors (Lipinski definition) is 4. The Labute approximate surface area is 169 Å². The number of amides is 1. The minimum atomic E-state index is -0.0594. The Bertz CT molecular complexity index is 599. The van der Waals surface area contributed by atoms with Gasteiger partial charge in [-0.2, -0.15) is 0 Å². The summed E-state index contributed by atoms with van der Waals surface area (Å²) in [7, 11) is 0. The third-order valence-corrected chi connectivity index (χ3v) is 6.40. The monoisotopic (exact) mass is 392 g/mol. The van der Waals surface area contributed by atoms with E-state index >= 15 is 0 Å². The topological polar surface area (TPSA) is 56.4 Å². The standard InChI is InChI=1S/C21H32N4O.ClH/c26-21(20-18-14-22-12-11-19(18)23-24-20)25-13-5-10-17(15-25)9-4-8-16-6-2-1-3-7-16;/h1-3,6-7,17-20,22-24H,4-5,8-15H2;1H. The van der Waals surface area contributed by atoms with Gasteiger partial charge in [0, 0.05) is 31.6 Å². The van der Waals surface area contributed by atoms with E-state index in [1.165, 1.54) is 24.8 Å². The summed E-state index contributed by atoms with van der Waals surface area (Å²) in [6.45, 7) is 3.85. The number of aryl methyl sites for hydroxylation is 1. The van der Waals surface area contributed by atoms with Gasteiger partial charge in [-0.3, -0.25) is 10.2 Å². The van der Waals surface area contributed by atoms with Crippen LogP contribution in [0.1, 0.15) is 37.7 Å². The first kappa shape index (κ1) is 20.6. The summed E-state index contributed by atoms with van der Waals surface area (Å²) in [5.74, 6) is 1.35. The third kappa shape index (κ3) is 5.02. The molecule has 0 aromatic heterocycles. The number of fused-ring (bicyclic) bond motifs is 1. The summed E-state index contributed by atoms with van der Waals surface area (Å²) < 4.78 is 0. The van der Waals surface area contributed by atoms with Gasteiger partial charge in [0.2, 0.25) is 5.91 Å². The van der Waals surface area contributed by atoms with E-state index in [0.717, 1.165) is 45.4 Å². The van der Waals surface area contributed by atoms with Crippen LogP contribution in [0.2, 0.25) is 0 Å². The highest BCUT2D eigenvalue weighted by molar-refractivity contribution is 5.85. The molecule has 3 aliphatic rings. The van der Waals surface area contributed by atoms with Gasteiger partial charge in [0.25, 0.3) is 0 Å². The highest BCUT2D eigenvalue weighted by atomic mass is 35.5. The van der Waals surface area contributed by atoms with Gasteiger partial charge in [-0.25, -0.2) is 5.43 Å². The molecule has 3 aliphatic heterocycles. The van der Waals surface area contributed by atoms with Crippen molar-refractivity contribution in [3.8, 4) is 0 Å². The molecular formula is C21H33ClN4O. The molecule has 3 saturated heterocycles. The summed E-state index contributed by atoms with van der Waals surface area (Å²) in [6, 6.07) is 11.1. The highest BCUT2D eigenvalue weighted by Gasteiger charge is 2.43. The van der Waals surface area contributed by atoms with Crippen molar-refractivity contribution in [2.24, 2.45) is 11.8 Å². The summed E-state index contributed by atoms with van der Waals surface area (Å²) in [5, 5.41) is 3.45. The summed E-state index contributed by atoms with van der Waals surface area (Å²) in [4.78, 5) is 15.2. The van der Waals surface area contributed by atoms with Crippen molar-refractivity contribution in [1.29, 1.82) is 0 Å². The molecule has 0 aliphatic carbocycles. The normalized spacial score (nSPS) is 30.4. The first-order chi connectivity index (χ1) is 12.8. The number of carbonyl (C=O) groups is 1. The summed E-state index contributed by atoms with van der Waals surface area (Å²) in [6.07, 6.45) is 7.10. The zero-order chi connectivity index (χ0) is 17.8. The quantitative estimate of drug-likeness (QED) is 0.718. The molecular weight excluding hydrogens is 360 g/mol. The molecule has 3 N–H and O–H groups in total. The van der Waals surface area contributed by atoms with Crippen LogP contribution in [-0.2, 0) is 11.2 Å². The molecule has 27 heavy (non-hydrogen) atoms. The molecule has 3 heterocycles. The zero-order valence-electron chi connectivity index (χ0n) is 16.0. The van der Waals surface area contributed by atoms with Gasteiger partial charge in [-0.05, 0) is 56.6 Å². The number of hydrogen-bond donors (Lipinski definition) is 3. The second kappa shape index (κ2) is 9.87. The second-order valence-corrected chi connectivity index (χ2v) is 8.20. The Morgan fingerprint density at radius 2 is 2.00 bits per heavy atom. The first-order valence-corrected chi connectivity index (χ1v) is 10.4. The number of rotatable bonds is 5. The lowest BCUT2D eigenvalue weighted by Crippen LogP contribution is -2.52. The predicted molar refractivity (Wildman–Crippen MR) is 111 cm³/mol. The number of nitrogens with one attached hydrogen (secondary N) is 3. The Morgan fingerprint density at radius 1 is 1.15 bits per heavy atom. The molecule has 1 amide bonds. The van der Waals surface area contributed by atoms with E-state index in [1.807, 2.05) is 0 Å². The van der Waals surface area contributed by atoms with Gasteiger partial charge in [-0.1, -0.05) is 30.3 Å². The molecule has 4 unspecified atom stereocenters. The van der Waals surface area contributed by atoms with E-state index < -0.39 is 0 Å². The van der Waals surface area contributed by atoms with Crippen molar-refractivity contribution in [3.63, 3.8) is 0 Å². The fourth-order valence-electron chi connectivity index (χ4n) is 4.90. The van der Waals surface area contributed by atoms with Gasteiger partial charge in [0.1, 0.15) is 6.04 Å². The smallest absolute Gasteiger partial charge is 0.241 e. The van der Waals surface area contributed by atoms with Crippen LogP contribution in [-0.4, -0.2) is 49.1 Å². The fraction of sp³-hybridized carbons (Fsp3) is 0.667. The van der Waals surface area contributed by atoms with E-state index in [4.69, 9.17) is 0 Å². The Morgan fingerprint density at radius 3 is 2.85 bits per heavy atom. The third-order valence-electron chi connectivity index (χ3n) is 6.40. The molecule has 3 fully saturated rings. The van der Waals surface area contributed by atoms with Gasteiger partial charge >= 0.3 is 0 Å². The Kier molecular flexibility index (Phi) is 7.53. The van der Waals surface area contributed by atoms with Crippen LogP contribution in [0.3, 0.4) is 0 Å². The van der Waals surface area contributed by atoms with E-state index in [1.54, 1.807) is 0 Å². The van der Waals surface area contributed by atoms with Crippen molar-refractivity contribution >= 4 is 18.3 Å². The number of benzene rings is 1. The molecule has 0 spiro atoms. The Hall–Kier alpha value is -1.14. The SMILES string of the molecule is Cl.O=C(C1NNC2CCNCC21)N1CCCC(CCCc2ccccc2)C1. The van der Waals surface area contributed by atoms with Crippen molar-refractivity contribution < 1.29 is 4.79 Å². The molecule has 0 saturated carbocycles. The lowest BCUT2D eigenvalue weighted by molar-refractivity contribution is -0.136. The number of likely N-dealkylation sites (tertiary alicyclic amines) is 1. The van der Waals surface area contributed by atoms with Crippen LogP contribution in [0, 0.1) is 11.8 Å². The van der Waals surface area contributed by atoms with Crippen LogP contribution in [0.25, 0.3) is 0 Å². The fourth-order valence-corrected chi connectivity index (χ4v) is 4.90. The number of carbonyl (C=O) groups excluding carboxylic acids is 1. The molecule has 4 rings (SSSR count). The van der Waals surface area contributed by atoms with Gasteiger partial charge in [0.05, 0.1) is 0 Å². The predicted octanol–water partition coefficient (Wildman–Crippen LogP) is 2.12. The maximum Gasteiger partial charge on any atom is 0.241 e. The van der Waals surface area contributed by atoms with Crippen LogP contribution in [0.4, 0.5) is 0 Å². The van der Waals surface area contributed by atoms with Gasteiger partial charge < -0.3 is 10.2 Å². The average molecular weight is 393 g/mol. The minimum Gasteiger partial charge on any atom is -0.341 e. The molecule has 6 heteroatoms. The van der Waals surface area contributed by atoms with Crippen LogP contribution in [0.5, 0.6) is 0 Å². The molecule has 5 nitrogen and oxygen atoms in total. The van der Waals surface area contributed by atoms with Crippen LogP contribution >= 0.6 is 12.4 Å². The van der Waals surface area contributed by atoms with Crippen molar-refractivity contribution in [2.75, 3.05) is 26.2 Å². The van der Waals surface area contributed by atoms with Crippen molar-refractivity contribution in [2.45, 2.75) is 50.6 Å². The molecule has 0 radical (unpaired) electrons. The molecule has 0 bridgehead atoms. The van der Waals surface area contributed by atoms with E-state index in [2.05, 4.69) is 51.4 Å². The average Bonchev–Trinajstić information content (AvgIpc) is 3.13. The number of halogens is 1. The lowest BCUT2D eigenvalue weighted by Gasteiger charge is -2.36. The van der Waals surface area contributed by atoms with E-state index in [-0.39, 0.29) is 18.4 Å². The summed E-state index contributed by atoms with van der Waals surface area (Å²) >= 11 is 0. The number of hydrazine groups is 1. The molecule has 1 aromatic rings. The highest BCUT2D eigenvalue weighted by Crippen LogP contribution is 2.26. The van der Waals surface area contributed by atoms with E-state index in [0.29, 0.717) is 23.8 Å². The molecule has 4 atom stereocenters. The second-order valence-electron chi connectivity index (χ2n) is 8.20. The zero-order valence-corrected chi connectivity index (χ0v) is 16.8. The summed E-state index contributed by atoms with van der Waals surface area (Å²) in [5.41, 5.74) is 8.07. The maximum absolute atomic E-state index is 13.1. The van der Waals surface area contributed by atoms with Crippen LogP contribution in [0.15, 0.2) is 30.3 Å². The molecule has 1 aromatic carbocycles. The van der Waals surface area contributed by atoms with Crippen molar-refractivity contribution in [1.82, 2.24) is 21.1 Å². The maximum atomic E-state index is 13.1. The van der Waals surface area contributed by atoms with Gasteiger partial charge in [-0.15, -0.1) is 12.4 Å². The van der Waals surface area contributed by atoms with Crippen LogP contribution < -0.4 is 16.2 Å². The largest absolute Gasteiger partial charge is 0.341 e.